The Morgan fingerprint density at radius 1 is 1.50 bits per heavy atom. The summed E-state index contributed by atoms with van der Waals surface area (Å²) < 4.78 is 4.52. The van der Waals surface area contributed by atoms with E-state index < -0.39 is 24.6 Å². The quantitative estimate of drug-likeness (QED) is 0.329. The highest BCUT2D eigenvalue weighted by Gasteiger charge is 2.47. The molecule has 0 saturated carbocycles. The molecule has 60 valence electrons. The van der Waals surface area contributed by atoms with Crippen molar-refractivity contribution in [3.05, 3.63) is 0 Å². The van der Waals surface area contributed by atoms with Gasteiger partial charge in [0.05, 0.1) is 13.2 Å². The first-order valence-corrected chi connectivity index (χ1v) is 2.93. The minimum absolute atomic E-state index is 0.155. The van der Waals surface area contributed by atoms with Crippen molar-refractivity contribution < 1.29 is 25.2 Å². The molecule has 1 aliphatic heterocycles. The lowest BCUT2D eigenvalue weighted by atomic mass is 10.1. The van der Waals surface area contributed by atoms with Gasteiger partial charge >= 0.3 is 0 Å². The van der Waals surface area contributed by atoms with E-state index in [-0.39, 0.29) is 6.61 Å². The maximum absolute atomic E-state index is 9.06. The first-order chi connectivity index (χ1) is 4.60. The van der Waals surface area contributed by atoms with E-state index in [2.05, 4.69) is 4.74 Å². The van der Waals surface area contributed by atoms with Gasteiger partial charge in [0.15, 0.2) is 0 Å². The first kappa shape index (κ1) is 7.90. The van der Waals surface area contributed by atoms with E-state index in [4.69, 9.17) is 20.4 Å². The maximum Gasteiger partial charge on any atom is 0.218 e. The Labute approximate surface area is 57.5 Å². The van der Waals surface area contributed by atoms with Gasteiger partial charge in [-0.2, -0.15) is 0 Å². The van der Waals surface area contributed by atoms with Crippen molar-refractivity contribution in [2.45, 2.75) is 18.0 Å². The lowest BCUT2D eigenvalue weighted by molar-refractivity contribution is -0.234. The molecule has 1 rings (SSSR count). The Morgan fingerprint density at radius 2 is 2.10 bits per heavy atom. The van der Waals surface area contributed by atoms with Crippen LogP contribution in [0.5, 0.6) is 0 Å². The number of aliphatic hydroxyl groups is 4. The highest BCUT2D eigenvalue weighted by atomic mass is 16.7. The maximum atomic E-state index is 9.06. The van der Waals surface area contributed by atoms with Crippen LogP contribution >= 0.6 is 0 Å². The topological polar surface area (TPSA) is 90.2 Å². The van der Waals surface area contributed by atoms with Crippen LogP contribution in [0.1, 0.15) is 0 Å². The van der Waals surface area contributed by atoms with Crippen LogP contribution < -0.4 is 0 Å². The zero-order valence-corrected chi connectivity index (χ0v) is 5.27. The molecule has 1 heterocycles. The summed E-state index contributed by atoms with van der Waals surface area (Å²) in [6.45, 7) is -0.872. The molecular formula is C5H10O5. The molecule has 0 unspecified atom stereocenters. The highest BCUT2D eigenvalue weighted by molar-refractivity contribution is 4.88. The molecule has 0 aromatic heterocycles. The minimum Gasteiger partial charge on any atom is -0.391 e. The van der Waals surface area contributed by atoms with E-state index >= 15 is 0 Å². The van der Waals surface area contributed by atoms with Gasteiger partial charge in [-0.3, -0.25) is 0 Å². The fraction of sp³-hybridized carbons (Fsp3) is 1.00. The molecule has 0 aliphatic carbocycles. The third-order valence-corrected chi connectivity index (χ3v) is 1.56. The standard InChI is InChI=1S/C5H10O5/c6-2-5(9)4(8)3(7)1-10-5/h3-4,6-9H,1-2H2/t3-,4+,5+/m0/s1. The summed E-state index contributed by atoms with van der Waals surface area (Å²) in [5.74, 6) is -1.97. The molecule has 3 atom stereocenters. The van der Waals surface area contributed by atoms with Gasteiger partial charge in [-0.25, -0.2) is 0 Å². The summed E-state index contributed by atoms with van der Waals surface area (Å²) in [6.07, 6.45) is -2.53. The summed E-state index contributed by atoms with van der Waals surface area (Å²) >= 11 is 0. The Balaban J connectivity index is 2.64. The molecule has 10 heavy (non-hydrogen) atoms. The average Bonchev–Trinajstić information content (AvgIpc) is 2.19. The molecule has 0 aromatic rings. The van der Waals surface area contributed by atoms with Crippen molar-refractivity contribution in [3.63, 3.8) is 0 Å². The van der Waals surface area contributed by atoms with Crippen LogP contribution in [0.4, 0.5) is 0 Å². The summed E-state index contributed by atoms with van der Waals surface area (Å²) in [4.78, 5) is 0. The van der Waals surface area contributed by atoms with Crippen LogP contribution in [0.2, 0.25) is 0 Å². The minimum atomic E-state index is -1.97. The third-order valence-electron chi connectivity index (χ3n) is 1.56. The molecular weight excluding hydrogens is 140 g/mol. The van der Waals surface area contributed by atoms with Crippen molar-refractivity contribution in [1.82, 2.24) is 0 Å². The van der Waals surface area contributed by atoms with E-state index in [9.17, 15) is 0 Å². The molecule has 0 bridgehead atoms. The predicted molar refractivity (Wildman–Crippen MR) is 30.0 cm³/mol. The lowest BCUT2D eigenvalue weighted by Crippen LogP contribution is -2.46. The van der Waals surface area contributed by atoms with Gasteiger partial charge in [0.25, 0.3) is 0 Å². The normalized spacial score (nSPS) is 48.0. The Bertz CT molecular complexity index is 127. The van der Waals surface area contributed by atoms with E-state index in [1.807, 2.05) is 0 Å². The highest BCUT2D eigenvalue weighted by Crippen LogP contribution is 2.22. The van der Waals surface area contributed by atoms with Crippen LogP contribution in [0, 0.1) is 0 Å². The lowest BCUT2D eigenvalue weighted by Gasteiger charge is -2.22. The smallest absolute Gasteiger partial charge is 0.218 e. The van der Waals surface area contributed by atoms with E-state index in [1.165, 1.54) is 0 Å². The second-order valence-electron chi connectivity index (χ2n) is 2.33. The monoisotopic (exact) mass is 150 g/mol. The first-order valence-electron chi connectivity index (χ1n) is 2.93. The number of rotatable bonds is 1. The molecule has 5 heteroatoms. The fourth-order valence-electron chi connectivity index (χ4n) is 0.846. The van der Waals surface area contributed by atoms with Crippen molar-refractivity contribution in [2.24, 2.45) is 0 Å². The molecule has 0 radical (unpaired) electrons. The van der Waals surface area contributed by atoms with Crippen LogP contribution in [0.3, 0.4) is 0 Å². The Hall–Kier alpha value is -0.200. The molecule has 0 aromatic carbocycles. The van der Waals surface area contributed by atoms with Crippen molar-refractivity contribution in [2.75, 3.05) is 13.2 Å². The molecule has 0 amide bonds. The van der Waals surface area contributed by atoms with Gasteiger partial charge in [-0.05, 0) is 0 Å². The number of hydrogen-bond donors (Lipinski definition) is 4. The SMILES string of the molecule is OC[C@@]1(O)OC[C@H](O)[C@H]1O. The van der Waals surface area contributed by atoms with Crippen molar-refractivity contribution in [1.29, 1.82) is 0 Å². The van der Waals surface area contributed by atoms with E-state index in [0.717, 1.165) is 0 Å². The Morgan fingerprint density at radius 3 is 2.30 bits per heavy atom. The Kier molecular flexibility index (Phi) is 1.93. The summed E-state index contributed by atoms with van der Waals surface area (Å²) in [6, 6.07) is 0. The van der Waals surface area contributed by atoms with Gasteiger partial charge in [0.2, 0.25) is 5.79 Å². The van der Waals surface area contributed by atoms with Crippen LogP contribution in [0.15, 0.2) is 0 Å². The zero-order chi connectivity index (χ0) is 7.78. The van der Waals surface area contributed by atoms with Crippen molar-refractivity contribution >= 4 is 0 Å². The second-order valence-corrected chi connectivity index (χ2v) is 2.33. The second kappa shape index (κ2) is 2.44. The third kappa shape index (κ3) is 1.02. The van der Waals surface area contributed by atoms with E-state index in [0.29, 0.717) is 0 Å². The predicted octanol–water partition coefficient (Wildman–Crippen LogP) is -2.58. The molecule has 1 fully saturated rings. The number of aliphatic hydroxyl groups excluding tert-OH is 3. The molecule has 1 saturated heterocycles. The van der Waals surface area contributed by atoms with Gasteiger partial charge in [0, 0.05) is 0 Å². The largest absolute Gasteiger partial charge is 0.391 e. The molecule has 4 N–H and O–H groups in total. The van der Waals surface area contributed by atoms with Gasteiger partial charge in [-0.15, -0.1) is 0 Å². The number of ether oxygens (including phenoxy) is 1. The van der Waals surface area contributed by atoms with Gasteiger partial charge < -0.3 is 25.2 Å². The van der Waals surface area contributed by atoms with Crippen LogP contribution in [0.25, 0.3) is 0 Å². The zero-order valence-electron chi connectivity index (χ0n) is 5.27. The molecule has 0 spiro atoms. The van der Waals surface area contributed by atoms with E-state index in [1.54, 1.807) is 0 Å². The summed E-state index contributed by atoms with van der Waals surface area (Å²) in [5, 5.41) is 35.3. The van der Waals surface area contributed by atoms with Crippen molar-refractivity contribution in [3.8, 4) is 0 Å². The summed E-state index contributed by atoms with van der Waals surface area (Å²) in [7, 11) is 0. The van der Waals surface area contributed by atoms with Gasteiger partial charge in [-0.1, -0.05) is 0 Å². The van der Waals surface area contributed by atoms with Gasteiger partial charge in [0.1, 0.15) is 12.2 Å². The fourth-order valence-corrected chi connectivity index (χ4v) is 0.846. The number of hydrogen-bond acceptors (Lipinski definition) is 5. The average molecular weight is 150 g/mol. The van der Waals surface area contributed by atoms with Crippen LogP contribution in [-0.4, -0.2) is 51.6 Å². The molecule has 1 aliphatic rings. The summed E-state index contributed by atoms with van der Waals surface area (Å²) in [5.41, 5.74) is 0. The van der Waals surface area contributed by atoms with Crippen LogP contribution in [-0.2, 0) is 4.74 Å². The molecule has 5 nitrogen and oxygen atoms in total.